The van der Waals surface area contributed by atoms with Crippen LogP contribution in [-0.4, -0.2) is 89.3 Å². The van der Waals surface area contributed by atoms with Crippen LogP contribution in [-0.2, 0) is 36.8 Å². The molecular formula is C32H42BFN4O8. The average molecular weight is 641 g/mol. The van der Waals surface area contributed by atoms with Crippen LogP contribution in [0.5, 0.6) is 0 Å². The van der Waals surface area contributed by atoms with Crippen LogP contribution in [0.15, 0.2) is 30.4 Å². The number of fused-ring (bicyclic) bond motifs is 3. The molecular weight excluding hydrogens is 598 g/mol. The number of rotatable bonds is 3. The second-order valence-electron chi connectivity index (χ2n) is 13.0. The van der Waals surface area contributed by atoms with Gasteiger partial charge in [-0.15, -0.1) is 0 Å². The first-order chi connectivity index (χ1) is 22.3. The molecule has 2 saturated heterocycles. The van der Waals surface area contributed by atoms with Gasteiger partial charge in [-0.3, -0.25) is 14.5 Å². The Morgan fingerprint density at radius 1 is 1.04 bits per heavy atom. The summed E-state index contributed by atoms with van der Waals surface area (Å²) < 4.78 is 31.2. The zero-order valence-corrected chi connectivity index (χ0v) is 25.9. The van der Waals surface area contributed by atoms with Crippen LogP contribution in [0.1, 0.15) is 75.3 Å². The van der Waals surface area contributed by atoms with Gasteiger partial charge in [0.2, 0.25) is 11.8 Å². The first kappa shape index (κ1) is 32.3. The maximum atomic E-state index is 14.3. The lowest BCUT2D eigenvalue weighted by Gasteiger charge is -2.30. The average Bonchev–Trinajstić information content (AvgIpc) is 3.84. The van der Waals surface area contributed by atoms with Crippen LogP contribution in [0.25, 0.3) is 0 Å². The van der Waals surface area contributed by atoms with E-state index in [9.17, 15) is 28.6 Å². The molecule has 46 heavy (non-hydrogen) atoms. The van der Waals surface area contributed by atoms with Crippen molar-refractivity contribution >= 4 is 31.1 Å². The molecule has 6 rings (SSSR count). The topological polar surface area (TPSA) is 147 Å². The van der Waals surface area contributed by atoms with Gasteiger partial charge in [0, 0.05) is 31.1 Å². The molecule has 4 heterocycles. The zero-order valence-electron chi connectivity index (χ0n) is 25.9. The summed E-state index contributed by atoms with van der Waals surface area (Å²) in [6, 6.07) is 2.73. The molecule has 0 bridgehead atoms. The summed E-state index contributed by atoms with van der Waals surface area (Å²) >= 11 is 0. The minimum absolute atomic E-state index is 0.0198. The Bertz CT molecular complexity index is 1340. The van der Waals surface area contributed by atoms with Crippen molar-refractivity contribution in [3.8, 4) is 0 Å². The van der Waals surface area contributed by atoms with Crippen molar-refractivity contribution in [1.29, 1.82) is 0 Å². The molecule has 1 aromatic carbocycles. The summed E-state index contributed by atoms with van der Waals surface area (Å²) in [6.07, 6.45) is 8.43. The van der Waals surface area contributed by atoms with Crippen LogP contribution in [0, 0.1) is 11.7 Å². The molecule has 248 valence electrons. The Morgan fingerprint density at radius 2 is 1.85 bits per heavy atom. The normalized spacial score (nSPS) is 29.7. The Balaban J connectivity index is 1.20. The number of hydrogen-bond donors (Lipinski definition) is 3. The van der Waals surface area contributed by atoms with E-state index in [2.05, 4.69) is 10.6 Å². The minimum atomic E-state index is -1.20. The molecule has 0 aromatic heterocycles. The van der Waals surface area contributed by atoms with Gasteiger partial charge in [0.1, 0.15) is 30.1 Å². The van der Waals surface area contributed by atoms with E-state index in [1.165, 1.54) is 15.9 Å². The van der Waals surface area contributed by atoms with E-state index >= 15 is 0 Å². The van der Waals surface area contributed by atoms with Gasteiger partial charge in [-0.2, -0.15) is 0 Å². The SMILES string of the molecule is O=C(N[C@H]1CCCC/C=C/C[C@H]2COB(O)C2NC(=O)[C@@H]2C[C@@H](OC(=O)N3Cc4cccc(F)c4C3)CN2C1=O)OC1CCCC1. The van der Waals surface area contributed by atoms with Gasteiger partial charge in [0.25, 0.3) is 0 Å². The highest BCUT2D eigenvalue weighted by molar-refractivity contribution is 6.46. The summed E-state index contributed by atoms with van der Waals surface area (Å²) in [5.41, 5.74) is 1.14. The van der Waals surface area contributed by atoms with Crippen molar-refractivity contribution < 1.29 is 42.7 Å². The van der Waals surface area contributed by atoms with Crippen LogP contribution >= 0.6 is 0 Å². The summed E-state index contributed by atoms with van der Waals surface area (Å²) in [5.74, 6) is -2.21. The molecule has 0 radical (unpaired) electrons. The van der Waals surface area contributed by atoms with Gasteiger partial charge in [0.05, 0.1) is 19.0 Å². The predicted octanol–water partition coefficient (Wildman–Crippen LogP) is 2.96. The van der Waals surface area contributed by atoms with Gasteiger partial charge in [-0.1, -0.05) is 30.7 Å². The number of nitrogens with zero attached hydrogens (tertiary/aromatic N) is 2. The molecule has 0 spiro atoms. The fraction of sp³-hybridized carbons (Fsp3) is 0.625. The fourth-order valence-corrected chi connectivity index (χ4v) is 7.22. The Morgan fingerprint density at radius 3 is 2.65 bits per heavy atom. The molecule has 12 nitrogen and oxygen atoms in total. The van der Waals surface area contributed by atoms with Crippen LogP contribution in [0.4, 0.5) is 14.0 Å². The van der Waals surface area contributed by atoms with E-state index in [-0.39, 0.29) is 44.7 Å². The first-order valence-electron chi connectivity index (χ1n) is 16.5. The molecule has 5 atom stereocenters. The van der Waals surface area contributed by atoms with Crippen LogP contribution in [0.3, 0.4) is 0 Å². The molecule has 5 aliphatic rings. The van der Waals surface area contributed by atoms with E-state index in [1.807, 2.05) is 12.2 Å². The number of carbonyl (C=O) groups is 4. The Kier molecular flexibility index (Phi) is 10.1. The van der Waals surface area contributed by atoms with Gasteiger partial charge in [0.15, 0.2) is 0 Å². The van der Waals surface area contributed by atoms with Crippen molar-refractivity contribution in [2.24, 2.45) is 5.92 Å². The summed E-state index contributed by atoms with van der Waals surface area (Å²) in [6.45, 7) is 0.459. The van der Waals surface area contributed by atoms with Gasteiger partial charge in [-0.25, -0.2) is 14.0 Å². The quantitative estimate of drug-likeness (QED) is 0.338. The van der Waals surface area contributed by atoms with E-state index in [0.29, 0.717) is 30.4 Å². The van der Waals surface area contributed by atoms with Crippen molar-refractivity contribution in [3.05, 3.63) is 47.3 Å². The number of hydrogen-bond acceptors (Lipinski definition) is 8. The molecule has 3 N–H and O–H groups in total. The highest BCUT2D eigenvalue weighted by Gasteiger charge is 2.47. The standard InChI is InChI=1S/C32H42BFN4O8/c34-25-13-8-10-20-16-37(18-24(20)25)32(42)46-23-15-27-29(39)36-28-21(19-44-33(28)43)9-4-2-1-3-5-14-26(30(40)38(27)17-23)35-31(41)45-22-11-6-7-12-22/h2,4,8,10,13,21-23,26-28,43H,1,3,5-7,9,11-12,14-19H2,(H,35,41)(H,36,39)/b4-2+/t21-,23+,26-,27-,28?/m0/s1. The van der Waals surface area contributed by atoms with Crippen molar-refractivity contribution in [1.82, 2.24) is 20.4 Å². The molecule has 1 aliphatic carbocycles. The molecule has 1 aromatic rings. The van der Waals surface area contributed by atoms with Crippen molar-refractivity contribution in [2.45, 2.75) is 108 Å². The maximum absolute atomic E-state index is 14.3. The lowest BCUT2D eigenvalue weighted by Crippen LogP contribution is -2.56. The third kappa shape index (κ3) is 7.33. The monoisotopic (exact) mass is 640 g/mol. The molecule has 1 unspecified atom stereocenters. The third-order valence-corrected chi connectivity index (χ3v) is 9.79. The van der Waals surface area contributed by atoms with Gasteiger partial charge < -0.3 is 34.7 Å². The number of nitrogens with one attached hydrogen (secondary N) is 2. The largest absolute Gasteiger partial charge is 0.478 e. The van der Waals surface area contributed by atoms with Gasteiger partial charge in [-0.05, 0) is 63.0 Å². The zero-order chi connectivity index (χ0) is 32.2. The lowest BCUT2D eigenvalue weighted by molar-refractivity contribution is -0.140. The second-order valence-corrected chi connectivity index (χ2v) is 13.0. The molecule has 14 heteroatoms. The number of allylic oxidation sites excluding steroid dienone is 2. The Hall–Kier alpha value is -3.65. The summed E-state index contributed by atoms with van der Waals surface area (Å²) in [4.78, 5) is 56.8. The second kappa shape index (κ2) is 14.4. The number of halogens is 1. The molecule has 3 fully saturated rings. The molecule has 4 aliphatic heterocycles. The number of amides is 4. The Labute approximate surface area is 268 Å². The summed E-state index contributed by atoms with van der Waals surface area (Å²) in [5, 5.41) is 16.2. The highest BCUT2D eigenvalue weighted by atomic mass is 19.1. The lowest BCUT2D eigenvalue weighted by atomic mass is 9.74. The highest BCUT2D eigenvalue weighted by Crippen LogP contribution is 2.29. The maximum Gasteiger partial charge on any atom is 0.478 e. The fourth-order valence-electron chi connectivity index (χ4n) is 7.22. The van der Waals surface area contributed by atoms with Crippen molar-refractivity contribution in [3.63, 3.8) is 0 Å². The third-order valence-electron chi connectivity index (χ3n) is 9.79. The minimum Gasteiger partial charge on any atom is -0.446 e. The number of benzene rings is 1. The molecule has 1 saturated carbocycles. The first-order valence-corrected chi connectivity index (χ1v) is 16.5. The van der Waals surface area contributed by atoms with E-state index in [0.717, 1.165) is 38.5 Å². The number of ether oxygens (including phenoxy) is 2. The van der Waals surface area contributed by atoms with Crippen LogP contribution < -0.4 is 10.6 Å². The van der Waals surface area contributed by atoms with Crippen molar-refractivity contribution in [2.75, 3.05) is 13.2 Å². The smallest absolute Gasteiger partial charge is 0.446 e. The van der Waals surface area contributed by atoms with Crippen LogP contribution in [0.2, 0.25) is 0 Å². The van der Waals surface area contributed by atoms with E-state index < -0.39 is 61.1 Å². The van der Waals surface area contributed by atoms with Gasteiger partial charge >= 0.3 is 19.3 Å². The number of carbonyl (C=O) groups excluding carboxylic acids is 4. The molecule has 4 amide bonds. The summed E-state index contributed by atoms with van der Waals surface area (Å²) in [7, 11) is -1.20. The van der Waals surface area contributed by atoms with E-state index in [1.54, 1.807) is 12.1 Å². The number of alkyl carbamates (subject to hydrolysis) is 1. The predicted molar refractivity (Wildman–Crippen MR) is 163 cm³/mol. The van der Waals surface area contributed by atoms with E-state index in [4.69, 9.17) is 14.1 Å².